The number of carbonyl (C=O) groups excluding carboxylic acids is 1. The first-order chi connectivity index (χ1) is 9.33. The predicted octanol–water partition coefficient (Wildman–Crippen LogP) is 3.48. The number of halogens is 1. The van der Waals surface area contributed by atoms with Crippen molar-refractivity contribution < 1.29 is 4.79 Å². The number of piperazine rings is 1. The second kappa shape index (κ2) is 6.46. The average Bonchev–Trinajstić information content (AvgIpc) is 2.73. The number of rotatable bonds is 3. The minimum absolute atomic E-state index is 0.0714. The Morgan fingerprint density at radius 2 is 1.90 bits per heavy atom. The van der Waals surface area contributed by atoms with E-state index in [1.807, 2.05) is 11.0 Å². The second-order valence-electron chi connectivity index (χ2n) is 6.60. The fourth-order valence-electron chi connectivity index (χ4n) is 2.38. The van der Waals surface area contributed by atoms with Gasteiger partial charge in [0.15, 0.2) is 0 Å². The largest absolute Gasteiger partial charge is 0.340 e. The molecule has 2 rings (SSSR count). The lowest BCUT2D eigenvalue weighted by Crippen LogP contribution is -2.48. The molecule has 1 saturated heterocycles. The quantitative estimate of drug-likeness (QED) is 0.852. The molecule has 0 N–H and O–H groups in total. The zero-order valence-electron chi connectivity index (χ0n) is 12.5. The van der Waals surface area contributed by atoms with Crippen LogP contribution in [0.3, 0.4) is 0 Å². The van der Waals surface area contributed by atoms with Crippen molar-refractivity contribution in [3.05, 3.63) is 21.3 Å². The molecule has 20 heavy (non-hydrogen) atoms. The van der Waals surface area contributed by atoms with Gasteiger partial charge in [-0.3, -0.25) is 9.69 Å². The standard InChI is InChI=1S/C15H23ClN2OS/c1-15(2,3)10-14(19)18-8-6-17(7-9-18)11-12-4-5-13(16)20-12/h4-5H,6-11H2,1-3H3. The Labute approximate surface area is 130 Å². The minimum Gasteiger partial charge on any atom is -0.340 e. The summed E-state index contributed by atoms with van der Waals surface area (Å²) in [4.78, 5) is 17.9. The monoisotopic (exact) mass is 314 g/mol. The van der Waals surface area contributed by atoms with E-state index in [-0.39, 0.29) is 11.3 Å². The summed E-state index contributed by atoms with van der Waals surface area (Å²) in [5, 5.41) is 0. The van der Waals surface area contributed by atoms with E-state index in [1.165, 1.54) is 4.88 Å². The molecule has 1 fully saturated rings. The smallest absolute Gasteiger partial charge is 0.223 e. The molecule has 0 unspecified atom stereocenters. The van der Waals surface area contributed by atoms with Gasteiger partial charge in [-0.05, 0) is 17.5 Å². The Bertz CT molecular complexity index is 459. The van der Waals surface area contributed by atoms with Crippen molar-refractivity contribution in [2.45, 2.75) is 33.7 Å². The van der Waals surface area contributed by atoms with Gasteiger partial charge in [0.1, 0.15) is 0 Å². The highest BCUT2D eigenvalue weighted by Gasteiger charge is 2.24. The molecule has 112 valence electrons. The lowest BCUT2D eigenvalue weighted by atomic mass is 9.91. The number of carbonyl (C=O) groups is 1. The molecule has 0 spiro atoms. The molecule has 1 aromatic rings. The maximum Gasteiger partial charge on any atom is 0.223 e. The maximum absolute atomic E-state index is 12.2. The number of thiophene rings is 1. The van der Waals surface area contributed by atoms with E-state index in [4.69, 9.17) is 11.6 Å². The van der Waals surface area contributed by atoms with Crippen LogP contribution in [0.1, 0.15) is 32.1 Å². The van der Waals surface area contributed by atoms with E-state index in [0.29, 0.717) is 6.42 Å². The van der Waals surface area contributed by atoms with Crippen LogP contribution in [-0.2, 0) is 11.3 Å². The van der Waals surface area contributed by atoms with Crippen molar-refractivity contribution >= 4 is 28.8 Å². The summed E-state index contributed by atoms with van der Waals surface area (Å²) in [6, 6.07) is 4.04. The van der Waals surface area contributed by atoms with Crippen molar-refractivity contribution in [3.8, 4) is 0 Å². The maximum atomic E-state index is 12.2. The van der Waals surface area contributed by atoms with Gasteiger partial charge in [-0.25, -0.2) is 0 Å². The van der Waals surface area contributed by atoms with Gasteiger partial charge >= 0.3 is 0 Å². The number of nitrogens with zero attached hydrogens (tertiary/aromatic N) is 2. The molecule has 2 heterocycles. The van der Waals surface area contributed by atoms with E-state index in [9.17, 15) is 4.79 Å². The predicted molar refractivity (Wildman–Crippen MR) is 85.3 cm³/mol. The van der Waals surface area contributed by atoms with Crippen LogP contribution in [0, 0.1) is 5.41 Å². The molecule has 1 aliphatic rings. The Hall–Kier alpha value is -0.580. The minimum atomic E-state index is 0.0714. The van der Waals surface area contributed by atoms with E-state index in [2.05, 4.69) is 31.7 Å². The normalized spacial score (nSPS) is 17.5. The van der Waals surface area contributed by atoms with Crippen LogP contribution in [-0.4, -0.2) is 41.9 Å². The highest BCUT2D eigenvalue weighted by molar-refractivity contribution is 7.16. The first-order valence-corrected chi connectivity index (χ1v) is 8.27. The fourth-order valence-corrected chi connectivity index (χ4v) is 3.51. The van der Waals surface area contributed by atoms with Crippen LogP contribution in [0.2, 0.25) is 4.34 Å². The first kappa shape index (κ1) is 15.8. The van der Waals surface area contributed by atoms with Gasteiger partial charge in [0.25, 0.3) is 0 Å². The molecule has 3 nitrogen and oxygen atoms in total. The number of hydrogen-bond acceptors (Lipinski definition) is 3. The van der Waals surface area contributed by atoms with Crippen molar-refractivity contribution in [1.82, 2.24) is 9.80 Å². The highest BCUT2D eigenvalue weighted by atomic mass is 35.5. The molecule has 0 aromatic carbocycles. The van der Waals surface area contributed by atoms with Gasteiger partial charge in [-0.15, -0.1) is 11.3 Å². The van der Waals surface area contributed by atoms with Gasteiger partial charge < -0.3 is 4.90 Å². The third-order valence-electron chi connectivity index (χ3n) is 3.41. The fraction of sp³-hybridized carbons (Fsp3) is 0.667. The van der Waals surface area contributed by atoms with Crippen LogP contribution < -0.4 is 0 Å². The third-order valence-corrected chi connectivity index (χ3v) is 4.63. The van der Waals surface area contributed by atoms with Gasteiger partial charge in [0, 0.05) is 44.0 Å². The first-order valence-electron chi connectivity index (χ1n) is 7.08. The van der Waals surface area contributed by atoms with Crippen molar-refractivity contribution in [3.63, 3.8) is 0 Å². The summed E-state index contributed by atoms with van der Waals surface area (Å²) in [6.45, 7) is 10.9. The highest BCUT2D eigenvalue weighted by Crippen LogP contribution is 2.24. The van der Waals surface area contributed by atoms with Crippen molar-refractivity contribution in [2.24, 2.45) is 5.41 Å². The molecule has 0 atom stereocenters. The van der Waals surface area contributed by atoms with Crippen LogP contribution in [0.4, 0.5) is 0 Å². The SMILES string of the molecule is CC(C)(C)CC(=O)N1CCN(Cc2ccc(Cl)s2)CC1. The molecule has 0 radical (unpaired) electrons. The molecule has 0 saturated carbocycles. The van der Waals surface area contributed by atoms with Crippen molar-refractivity contribution in [1.29, 1.82) is 0 Å². The molecule has 0 aliphatic carbocycles. The third kappa shape index (κ3) is 4.76. The Balaban J connectivity index is 1.79. The Kier molecular flexibility index (Phi) is 5.10. The van der Waals surface area contributed by atoms with Crippen LogP contribution in [0.15, 0.2) is 12.1 Å². The Morgan fingerprint density at radius 3 is 2.40 bits per heavy atom. The zero-order valence-corrected chi connectivity index (χ0v) is 14.1. The van der Waals surface area contributed by atoms with Crippen LogP contribution >= 0.6 is 22.9 Å². The van der Waals surface area contributed by atoms with Gasteiger partial charge in [0.05, 0.1) is 4.34 Å². The summed E-state index contributed by atoms with van der Waals surface area (Å²) < 4.78 is 0.846. The van der Waals surface area contributed by atoms with Crippen LogP contribution in [0.25, 0.3) is 0 Å². The zero-order chi connectivity index (χ0) is 14.8. The lowest BCUT2D eigenvalue weighted by Gasteiger charge is -2.35. The molecule has 5 heteroatoms. The summed E-state index contributed by atoms with van der Waals surface area (Å²) in [7, 11) is 0. The molecule has 1 aromatic heterocycles. The number of hydrogen-bond donors (Lipinski definition) is 0. The van der Waals surface area contributed by atoms with Gasteiger partial charge in [0.2, 0.25) is 5.91 Å². The van der Waals surface area contributed by atoms with Gasteiger partial charge in [-0.1, -0.05) is 32.4 Å². The average molecular weight is 315 g/mol. The van der Waals surface area contributed by atoms with Gasteiger partial charge in [-0.2, -0.15) is 0 Å². The van der Waals surface area contributed by atoms with Crippen LogP contribution in [0.5, 0.6) is 0 Å². The molecule has 0 bridgehead atoms. The second-order valence-corrected chi connectivity index (χ2v) is 8.40. The summed E-state index contributed by atoms with van der Waals surface area (Å²) >= 11 is 7.59. The van der Waals surface area contributed by atoms with Crippen molar-refractivity contribution in [2.75, 3.05) is 26.2 Å². The summed E-state index contributed by atoms with van der Waals surface area (Å²) in [6.07, 6.45) is 0.632. The topological polar surface area (TPSA) is 23.6 Å². The number of amides is 1. The molecule has 1 aliphatic heterocycles. The molecular formula is C15H23ClN2OS. The van der Waals surface area contributed by atoms with E-state index in [0.717, 1.165) is 37.1 Å². The summed E-state index contributed by atoms with van der Waals surface area (Å²) in [5.41, 5.74) is 0.0714. The molecular weight excluding hydrogens is 292 g/mol. The van der Waals surface area contributed by atoms with E-state index >= 15 is 0 Å². The summed E-state index contributed by atoms with van der Waals surface area (Å²) in [5.74, 6) is 0.288. The molecule has 1 amide bonds. The van der Waals surface area contributed by atoms with E-state index in [1.54, 1.807) is 11.3 Å². The Morgan fingerprint density at radius 1 is 1.25 bits per heavy atom. The van der Waals surface area contributed by atoms with E-state index < -0.39 is 0 Å². The lowest BCUT2D eigenvalue weighted by molar-refractivity contribution is -0.134.